The van der Waals surface area contributed by atoms with E-state index >= 15 is 0 Å². The van der Waals surface area contributed by atoms with Crippen LogP contribution in [0.15, 0.2) is 53.6 Å². The Kier molecular flexibility index (Phi) is 6.30. The van der Waals surface area contributed by atoms with Crippen molar-refractivity contribution in [3.63, 3.8) is 0 Å². The average molecular weight is 356 g/mol. The second-order valence-corrected chi connectivity index (χ2v) is 7.20. The van der Waals surface area contributed by atoms with Crippen LogP contribution in [-0.4, -0.2) is 54.8 Å². The van der Waals surface area contributed by atoms with Crippen LogP contribution in [0, 0.1) is 0 Å². The van der Waals surface area contributed by atoms with E-state index in [1.807, 2.05) is 48.7 Å². The van der Waals surface area contributed by atoms with Crippen LogP contribution >= 0.6 is 11.8 Å². The maximum atomic E-state index is 12.1. The van der Waals surface area contributed by atoms with Crippen molar-refractivity contribution >= 4 is 23.5 Å². The van der Waals surface area contributed by atoms with Gasteiger partial charge in [0.15, 0.2) is 0 Å². The maximum Gasteiger partial charge on any atom is 0.230 e. The Morgan fingerprint density at radius 3 is 2.64 bits per heavy atom. The highest BCUT2D eigenvalue weighted by Crippen LogP contribution is 2.19. The number of carbonyl (C=O) groups excluding carboxylic acids is 1. The topological polar surface area (TPSA) is 48.5 Å². The highest BCUT2D eigenvalue weighted by molar-refractivity contribution is 8.00. The second-order valence-electron chi connectivity index (χ2n) is 6.15. The summed E-state index contributed by atoms with van der Waals surface area (Å²) in [6.07, 6.45) is 1.82. The summed E-state index contributed by atoms with van der Waals surface area (Å²) in [6, 6.07) is 14.0. The van der Waals surface area contributed by atoms with Crippen molar-refractivity contribution in [3.8, 4) is 0 Å². The van der Waals surface area contributed by atoms with Crippen LogP contribution in [0.3, 0.4) is 0 Å². The lowest BCUT2D eigenvalue weighted by Crippen LogP contribution is -2.45. The molecule has 25 heavy (non-hydrogen) atoms. The van der Waals surface area contributed by atoms with E-state index in [1.54, 1.807) is 11.8 Å². The van der Waals surface area contributed by atoms with Gasteiger partial charge in [0.05, 0.1) is 5.75 Å². The van der Waals surface area contributed by atoms with Crippen molar-refractivity contribution in [1.82, 2.24) is 15.2 Å². The van der Waals surface area contributed by atoms with E-state index in [1.165, 1.54) is 0 Å². The molecule has 0 unspecified atom stereocenters. The van der Waals surface area contributed by atoms with Crippen LogP contribution in [0.4, 0.5) is 5.82 Å². The minimum absolute atomic E-state index is 0.0435. The molecule has 0 radical (unpaired) electrons. The number of likely N-dealkylation sites (N-methyl/N-ethyl adjacent to an activating group) is 1. The Morgan fingerprint density at radius 1 is 1.12 bits per heavy atom. The molecule has 0 atom stereocenters. The summed E-state index contributed by atoms with van der Waals surface area (Å²) in [7, 11) is 2.14. The zero-order chi connectivity index (χ0) is 17.5. The van der Waals surface area contributed by atoms with Gasteiger partial charge in [0, 0.05) is 49.4 Å². The van der Waals surface area contributed by atoms with E-state index in [9.17, 15) is 4.79 Å². The van der Waals surface area contributed by atoms with Crippen LogP contribution in [0.25, 0.3) is 0 Å². The number of aromatic nitrogens is 1. The number of hydrogen-bond donors (Lipinski definition) is 1. The highest BCUT2D eigenvalue weighted by Gasteiger charge is 2.18. The van der Waals surface area contributed by atoms with Crippen molar-refractivity contribution < 1.29 is 4.79 Å². The molecule has 0 aliphatic carbocycles. The quantitative estimate of drug-likeness (QED) is 0.805. The molecule has 1 aliphatic heterocycles. The molecule has 1 aromatic heterocycles. The van der Waals surface area contributed by atoms with Crippen LogP contribution in [0.5, 0.6) is 0 Å². The number of amides is 1. The molecule has 5 nitrogen and oxygen atoms in total. The first-order valence-electron chi connectivity index (χ1n) is 8.54. The molecule has 3 rings (SSSR count). The lowest BCUT2D eigenvalue weighted by atomic mass is 10.2. The Hall–Kier alpha value is -2.05. The van der Waals surface area contributed by atoms with Crippen molar-refractivity contribution in [3.05, 3.63) is 54.2 Å². The first kappa shape index (κ1) is 17.8. The molecule has 0 bridgehead atoms. The molecular formula is C19H24N4OS. The third kappa shape index (κ3) is 5.21. The zero-order valence-corrected chi connectivity index (χ0v) is 15.3. The number of carbonyl (C=O) groups is 1. The minimum Gasteiger partial charge on any atom is -0.354 e. The lowest BCUT2D eigenvalue weighted by molar-refractivity contribution is -0.118. The lowest BCUT2D eigenvalue weighted by Gasteiger charge is -2.34. The standard InChI is InChI=1S/C19H24N4OS/c1-22-10-12-23(13-11-22)19-16(6-5-9-20-19)14-21-18(24)15-25-17-7-3-2-4-8-17/h2-9H,10-15H2,1H3,(H,21,24). The first-order valence-corrected chi connectivity index (χ1v) is 9.53. The molecule has 132 valence electrons. The molecule has 1 saturated heterocycles. The van der Waals surface area contributed by atoms with E-state index in [-0.39, 0.29) is 5.91 Å². The van der Waals surface area contributed by atoms with Crippen LogP contribution < -0.4 is 10.2 Å². The Bertz CT molecular complexity index is 687. The molecule has 0 spiro atoms. The smallest absolute Gasteiger partial charge is 0.230 e. The van der Waals surface area contributed by atoms with Crippen LogP contribution in [0.1, 0.15) is 5.56 Å². The first-order chi connectivity index (χ1) is 12.2. The van der Waals surface area contributed by atoms with Crippen molar-refractivity contribution in [1.29, 1.82) is 0 Å². The minimum atomic E-state index is 0.0435. The van der Waals surface area contributed by atoms with Gasteiger partial charge < -0.3 is 15.1 Å². The van der Waals surface area contributed by atoms with Gasteiger partial charge in [-0.3, -0.25) is 4.79 Å². The summed E-state index contributed by atoms with van der Waals surface area (Å²) in [4.78, 5) is 22.4. The number of piperazine rings is 1. The van der Waals surface area contributed by atoms with E-state index < -0.39 is 0 Å². The molecule has 2 aromatic rings. The van der Waals surface area contributed by atoms with Crippen molar-refractivity contribution in [2.24, 2.45) is 0 Å². The fourth-order valence-corrected chi connectivity index (χ4v) is 3.53. The number of anilines is 1. The molecule has 6 heteroatoms. The molecule has 1 aliphatic rings. The predicted octanol–water partition coefficient (Wildman–Crippen LogP) is 2.24. The van der Waals surface area contributed by atoms with Gasteiger partial charge in [-0.25, -0.2) is 4.98 Å². The number of rotatable bonds is 6. The number of pyridine rings is 1. The van der Waals surface area contributed by atoms with E-state index in [0.717, 1.165) is 42.5 Å². The van der Waals surface area contributed by atoms with Gasteiger partial charge in [-0.2, -0.15) is 0 Å². The predicted molar refractivity (Wildman–Crippen MR) is 103 cm³/mol. The molecule has 1 N–H and O–H groups in total. The van der Waals surface area contributed by atoms with Gasteiger partial charge in [-0.15, -0.1) is 11.8 Å². The maximum absolute atomic E-state index is 12.1. The van der Waals surface area contributed by atoms with E-state index in [2.05, 4.69) is 27.1 Å². The normalized spacial score (nSPS) is 15.2. The number of thioether (sulfide) groups is 1. The molecule has 0 saturated carbocycles. The largest absolute Gasteiger partial charge is 0.354 e. The summed E-state index contributed by atoms with van der Waals surface area (Å²) in [5.41, 5.74) is 1.07. The number of nitrogens with zero attached hydrogens (tertiary/aromatic N) is 3. The van der Waals surface area contributed by atoms with E-state index in [4.69, 9.17) is 0 Å². The Labute approximate surface area is 153 Å². The van der Waals surface area contributed by atoms with Gasteiger partial charge in [0.2, 0.25) is 5.91 Å². The summed E-state index contributed by atoms with van der Waals surface area (Å²) in [5.74, 6) is 1.46. The van der Waals surface area contributed by atoms with Gasteiger partial charge in [0.1, 0.15) is 5.82 Å². The third-order valence-corrected chi connectivity index (χ3v) is 5.27. The molecule has 1 aromatic carbocycles. The number of nitrogens with one attached hydrogen (secondary N) is 1. The van der Waals surface area contributed by atoms with Crippen LogP contribution in [-0.2, 0) is 11.3 Å². The molecule has 1 amide bonds. The zero-order valence-electron chi connectivity index (χ0n) is 14.5. The molecule has 2 heterocycles. The summed E-state index contributed by atoms with van der Waals surface area (Å²) >= 11 is 1.55. The SMILES string of the molecule is CN1CCN(c2ncccc2CNC(=O)CSc2ccccc2)CC1. The monoisotopic (exact) mass is 356 g/mol. The Balaban J connectivity index is 1.53. The molecule has 1 fully saturated rings. The van der Waals surface area contributed by atoms with Gasteiger partial charge >= 0.3 is 0 Å². The summed E-state index contributed by atoms with van der Waals surface area (Å²) < 4.78 is 0. The molecular weight excluding hydrogens is 332 g/mol. The van der Waals surface area contributed by atoms with Gasteiger partial charge in [-0.1, -0.05) is 24.3 Å². The highest BCUT2D eigenvalue weighted by atomic mass is 32.2. The average Bonchev–Trinajstić information content (AvgIpc) is 2.66. The van der Waals surface area contributed by atoms with Crippen LogP contribution in [0.2, 0.25) is 0 Å². The summed E-state index contributed by atoms with van der Waals surface area (Å²) in [5, 5.41) is 3.02. The van der Waals surface area contributed by atoms with Crippen molar-refractivity contribution in [2.75, 3.05) is 43.9 Å². The Morgan fingerprint density at radius 2 is 1.88 bits per heavy atom. The van der Waals surface area contributed by atoms with E-state index in [0.29, 0.717) is 12.3 Å². The van der Waals surface area contributed by atoms with Gasteiger partial charge in [-0.05, 0) is 25.2 Å². The van der Waals surface area contributed by atoms with Crippen molar-refractivity contribution in [2.45, 2.75) is 11.4 Å². The number of benzene rings is 1. The number of hydrogen-bond acceptors (Lipinski definition) is 5. The fourth-order valence-electron chi connectivity index (χ4n) is 2.78. The third-order valence-electron chi connectivity index (χ3n) is 4.26. The van der Waals surface area contributed by atoms with Gasteiger partial charge in [0.25, 0.3) is 0 Å². The fraction of sp³-hybridized carbons (Fsp3) is 0.368. The second kappa shape index (κ2) is 8.87. The summed E-state index contributed by atoms with van der Waals surface area (Å²) in [6.45, 7) is 4.53.